The number of nitrogens with zero attached hydrogens (tertiary/aromatic N) is 1. The van der Waals surface area contributed by atoms with Gasteiger partial charge in [-0.15, -0.1) is 0 Å². The molecule has 0 aliphatic rings. The molecule has 0 radical (unpaired) electrons. The lowest BCUT2D eigenvalue weighted by atomic mass is 9.87. The van der Waals surface area contributed by atoms with Gasteiger partial charge < -0.3 is 10.0 Å². The van der Waals surface area contributed by atoms with Crippen molar-refractivity contribution in [1.29, 1.82) is 0 Å². The summed E-state index contributed by atoms with van der Waals surface area (Å²) in [5.74, 6) is 0. The smallest absolute Gasteiger partial charge is 0.150 e. The van der Waals surface area contributed by atoms with Crippen LogP contribution in [0.4, 0.5) is 0 Å². The highest BCUT2D eigenvalue weighted by Crippen LogP contribution is 2.29. The van der Waals surface area contributed by atoms with Crippen molar-refractivity contribution in [2.24, 2.45) is 0 Å². The van der Waals surface area contributed by atoms with Gasteiger partial charge in [0, 0.05) is 12.1 Å². The highest BCUT2D eigenvalue weighted by molar-refractivity contribution is 5.75. The Morgan fingerprint density at radius 3 is 2.65 bits per heavy atom. The Morgan fingerprint density at radius 1 is 1.41 bits per heavy atom. The first-order valence-corrected chi connectivity index (χ1v) is 5.94. The van der Waals surface area contributed by atoms with Crippen LogP contribution in [0.1, 0.15) is 35.7 Å². The first kappa shape index (κ1) is 13.9. The lowest BCUT2D eigenvalue weighted by Gasteiger charge is -2.29. The molecule has 0 aliphatic heterocycles. The maximum atomic E-state index is 10.8. The van der Waals surface area contributed by atoms with E-state index in [0.717, 1.165) is 18.4 Å². The number of benzene rings is 1. The lowest BCUT2D eigenvalue weighted by molar-refractivity contribution is 0.0171. The molecule has 3 nitrogen and oxygen atoms in total. The van der Waals surface area contributed by atoms with Crippen LogP contribution in [0, 0.1) is 0 Å². The largest absolute Gasteiger partial charge is 0.385 e. The molecular weight excluding hydrogens is 214 g/mol. The van der Waals surface area contributed by atoms with E-state index in [1.807, 2.05) is 38.1 Å². The molecule has 1 aromatic rings. The van der Waals surface area contributed by atoms with Gasteiger partial charge in [-0.3, -0.25) is 4.79 Å². The third-order valence-electron chi connectivity index (χ3n) is 3.12. The number of hydrogen-bond donors (Lipinski definition) is 1. The van der Waals surface area contributed by atoms with Crippen LogP contribution in [0.25, 0.3) is 0 Å². The predicted octanol–water partition coefficient (Wildman–Crippen LogP) is 2.05. The molecule has 1 N–H and O–H groups in total. The molecular formula is C14H21NO2. The van der Waals surface area contributed by atoms with E-state index in [4.69, 9.17) is 0 Å². The number of aldehydes is 1. The molecule has 0 saturated heterocycles. The van der Waals surface area contributed by atoms with Crippen LogP contribution < -0.4 is 0 Å². The van der Waals surface area contributed by atoms with E-state index in [0.29, 0.717) is 18.4 Å². The van der Waals surface area contributed by atoms with Crippen molar-refractivity contribution in [3.05, 3.63) is 35.4 Å². The van der Waals surface area contributed by atoms with Crippen molar-refractivity contribution in [1.82, 2.24) is 4.90 Å². The molecule has 94 valence electrons. The molecule has 0 saturated carbocycles. The average molecular weight is 235 g/mol. The van der Waals surface area contributed by atoms with E-state index in [-0.39, 0.29) is 0 Å². The normalized spacial score (nSPS) is 14.6. The third-order valence-corrected chi connectivity index (χ3v) is 3.12. The first-order valence-electron chi connectivity index (χ1n) is 5.94. The maximum absolute atomic E-state index is 10.8. The van der Waals surface area contributed by atoms with Gasteiger partial charge in [0.05, 0.1) is 5.60 Å². The highest BCUT2D eigenvalue weighted by Gasteiger charge is 2.27. The molecule has 0 aliphatic carbocycles. The van der Waals surface area contributed by atoms with Gasteiger partial charge in [-0.2, -0.15) is 0 Å². The Kier molecular flexibility index (Phi) is 4.85. The summed E-state index contributed by atoms with van der Waals surface area (Å²) in [7, 11) is 3.97. The SMILES string of the molecule is CCC(O)(CCN(C)C)c1cccc(C=O)c1. The first-order chi connectivity index (χ1) is 8.01. The Labute approximate surface area is 103 Å². The fourth-order valence-corrected chi connectivity index (χ4v) is 1.84. The quantitative estimate of drug-likeness (QED) is 0.767. The molecule has 0 amide bonds. The summed E-state index contributed by atoms with van der Waals surface area (Å²) in [5.41, 5.74) is 0.592. The topological polar surface area (TPSA) is 40.5 Å². The van der Waals surface area contributed by atoms with Crippen molar-refractivity contribution < 1.29 is 9.90 Å². The summed E-state index contributed by atoms with van der Waals surface area (Å²) < 4.78 is 0. The summed E-state index contributed by atoms with van der Waals surface area (Å²) >= 11 is 0. The molecule has 1 atom stereocenters. The van der Waals surface area contributed by atoms with Crippen LogP contribution in [0.2, 0.25) is 0 Å². The molecule has 1 unspecified atom stereocenters. The zero-order valence-electron chi connectivity index (χ0n) is 10.8. The van der Waals surface area contributed by atoms with Crippen molar-refractivity contribution in [3.8, 4) is 0 Å². The second-order valence-electron chi connectivity index (χ2n) is 4.68. The van der Waals surface area contributed by atoms with Gasteiger partial charge in [0.1, 0.15) is 6.29 Å². The molecule has 0 fully saturated rings. The average Bonchev–Trinajstić information content (AvgIpc) is 2.36. The number of hydrogen-bond acceptors (Lipinski definition) is 3. The minimum atomic E-state index is -0.844. The second-order valence-corrected chi connectivity index (χ2v) is 4.68. The van der Waals surface area contributed by atoms with Crippen molar-refractivity contribution in [2.45, 2.75) is 25.4 Å². The standard InChI is InChI=1S/C14H21NO2/c1-4-14(17,8-9-15(2)3)13-7-5-6-12(10-13)11-16/h5-7,10-11,17H,4,8-9H2,1-3H3. The van der Waals surface area contributed by atoms with E-state index in [2.05, 4.69) is 0 Å². The summed E-state index contributed by atoms with van der Waals surface area (Å²) in [4.78, 5) is 12.8. The van der Waals surface area contributed by atoms with Crippen LogP contribution >= 0.6 is 0 Å². The monoisotopic (exact) mass is 235 g/mol. The molecule has 0 heterocycles. The highest BCUT2D eigenvalue weighted by atomic mass is 16.3. The van der Waals surface area contributed by atoms with E-state index < -0.39 is 5.60 Å². The van der Waals surface area contributed by atoms with Gasteiger partial charge in [0.15, 0.2) is 0 Å². The van der Waals surface area contributed by atoms with Crippen molar-refractivity contribution in [2.75, 3.05) is 20.6 Å². The third kappa shape index (κ3) is 3.65. The van der Waals surface area contributed by atoms with Crippen molar-refractivity contribution in [3.63, 3.8) is 0 Å². The summed E-state index contributed by atoms with van der Waals surface area (Å²) in [6.45, 7) is 2.78. The predicted molar refractivity (Wildman–Crippen MR) is 69.2 cm³/mol. The Balaban J connectivity index is 2.93. The zero-order valence-corrected chi connectivity index (χ0v) is 10.8. The lowest BCUT2D eigenvalue weighted by Crippen LogP contribution is -2.30. The van der Waals surface area contributed by atoms with Crippen molar-refractivity contribution >= 4 is 6.29 Å². The Hall–Kier alpha value is -1.19. The van der Waals surface area contributed by atoms with Gasteiger partial charge in [0.2, 0.25) is 0 Å². The second kappa shape index (κ2) is 5.94. The number of rotatable bonds is 6. The minimum absolute atomic E-state index is 0.610. The zero-order chi connectivity index (χ0) is 12.9. The minimum Gasteiger partial charge on any atom is -0.385 e. The number of aliphatic hydroxyl groups is 1. The molecule has 0 aromatic heterocycles. The van der Waals surface area contributed by atoms with Crippen LogP contribution in [-0.2, 0) is 5.60 Å². The summed E-state index contributed by atoms with van der Waals surface area (Å²) in [6.07, 6.45) is 2.12. The van der Waals surface area contributed by atoms with Gasteiger partial charge in [-0.1, -0.05) is 25.1 Å². The van der Waals surface area contributed by atoms with E-state index in [9.17, 15) is 9.90 Å². The van der Waals surface area contributed by atoms with Crippen LogP contribution in [0.15, 0.2) is 24.3 Å². The molecule has 0 bridgehead atoms. The number of carbonyl (C=O) groups excluding carboxylic acids is 1. The molecule has 3 heteroatoms. The van der Waals surface area contributed by atoms with Gasteiger partial charge >= 0.3 is 0 Å². The number of carbonyl (C=O) groups is 1. The fourth-order valence-electron chi connectivity index (χ4n) is 1.84. The van der Waals surface area contributed by atoms with Crippen LogP contribution in [-0.4, -0.2) is 36.9 Å². The summed E-state index contributed by atoms with van der Waals surface area (Å²) in [5, 5.41) is 10.6. The molecule has 1 aromatic carbocycles. The van der Waals surface area contributed by atoms with Crippen LogP contribution in [0.3, 0.4) is 0 Å². The fraction of sp³-hybridized carbons (Fsp3) is 0.500. The van der Waals surface area contributed by atoms with Gasteiger partial charge in [0.25, 0.3) is 0 Å². The molecule has 0 spiro atoms. The molecule has 17 heavy (non-hydrogen) atoms. The van der Waals surface area contributed by atoms with E-state index >= 15 is 0 Å². The summed E-state index contributed by atoms with van der Waals surface area (Å²) in [6, 6.07) is 7.21. The Bertz CT molecular complexity index is 376. The van der Waals surface area contributed by atoms with Gasteiger partial charge in [-0.25, -0.2) is 0 Å². The van der Waals surface area contributed by atoms with E-state index in [1.54, 1.807) is 12.1 Å². The molecule has 1 rings (SSSR count). The van der Waals surface area contributed by atoms with Gasteiger partial charge in [-0.05, 0) is 38.6 Å². The Morgan fingerprint density at radius 2 is 2.12 bits per heavy atom. The maximum Gasteiger partial charge on any atom is 0.150 e. The van der Waals surface area contributed by atoms with E-state index in [1.165, 1.54) is 0 Å². The van der Waals surface area contributed by atoms with Crippen LogP contribution in [0.5, 0.6) is 0 Å².